The smallest absolute Gasteiger partial charge is 0.0520 e. The van der Waals surface area contributed by atoms with Gasteiger partial charge in [-0.05, 0) is 489 Å². The molecule has 750 valence electrons. The third-order valence-electron chi connectivity index (χ3n) is 33.3. The van der Waals surface area contributed by atoms with E-state index in [1.807, 2.05) is 13.8 Å². The molecule has 16 aromatic rings. The summed E-state index contributed by atoms with van der Waals surface area (Å²) in [6, 6.07) is 118. The number of unbranched alkanes of at least 4 members (excludes halogenated alkanes) is 8. The van der Waals surface area contributed by atoms with Crippen LogP contribution >= 0.6 is 31.9 Å². The van der Waals surface area contributed by atoms with E-state index in [9.17, 15) is 0 Å². The third kappa shape index (κ3) is 21.6. The van der Waals surface area contributed by atoms with Crippen LogP contribution in [0.15, 0.2) is 312 Å². The summed E-state index contributed by atoms with van der Waals surface area (Å²) >= 11 is 7.53. The minimum Gasteiger partial charge on any atom is -0.310 e. The normalized spacial score (nSPS) is 13.4. The van der Waals surface area contributed by atoms with Gasteiger partial charge in [0.1, 0.15) is 0 Å². The van der Waals surface area contributed by atoms with Crippen LogP contribution in [0.4, 0.5) is 68.2 Å². The van der Waals surface area contributed by atoms with Gasteiger partial charge in [-0.2, -0.15) is 0 Å². The summed E-state index contributed by atoms with van der Waals surface area (Å²) in [5.41, 5.74) is 60.1. The van der Waals surface area contributed by atoms with Gasteiger partial charge in [0.15, 0.2) is 0 Å². The predicted molar refractivity (Wildman–Crippen MR) is 638 cm³/mol. The maximum Gasteiger partial charge on any atom is 0.0520 e. The van der Waals surface area contributed by atoms with Crippen molar-refractivity contribution in [1.82, 2.24) is 0 Å². The van der Waals surface area contributed by atoms with E-state index >= 15 is 0 Å². The van der Waals surface area contributed by atoms with Crippen molar-refractivity contribution in [2.24, 2.45) is 0 Å². The zero-order valence-corrected chi connectivity index (χ0v) is 92.4. The Morgan fingerprint density at radius 1 is 0.204 bits per heavy atom. The minimum atomic E-state index is -0.187. The molecular weight excluding hydrogens is 1910 g/mol. The number of nitrogens with zero attached hydrogens (tertiary/aromatic N) is 4. The maximum absolute atomic E-state index is 3.77. The molecule has 147 heavy (non-hydrogen) atoms. The first-order valence-electron chi connectivity index (χ1n) is 55.2. The molecule has 0 saturated carbocycles. The molecule has 0 atom stereocenters. The van der Waals surface area contributed by atoms with E-state index < -0.39 is 0 Å². The van der Waals surface area contributed by atoms with Crippen LogP contribution in [0.5, 0.6) is 0 Å². The quantitative estimate of drug-likeness (QED) is 0.0363. The summed E-state index contributed by atoms with van der Waals surface area (Å²) in [5, 5.41) is 0. The van der Waals surface area contributed by atoms with E-state index in [1.54, 1.807) is 44.5 Å². The van der Waals surface area contributed by atoms with Gasteiger partial charge in [0.05, 0.1) is 22.7 Å². The molecule has 22 rings (SSSR count). The molecule has 0 N–H and O–H groups in total. The number of benzene rings is 16. The Morgan fingerprint density at radius 3 is 0.612 bits per heavy atom. The van der Waals surface area contributed by atoms with Gasteiger partial charge >= 0.3 is 0 Å². The molecule has 0 bridgehead atoms. The van der Waals surface area contributed by atoms with Crippen LogP contribution < -0.4 is 19.6 Å². The number of anilines is 12. The van der Waals surface area contributed by atoms with Crippen LogP contribution in [0.3, 0.4) is 0 Å². The van der Waals surface area contributed by atoms with Crippen LogP contribution in [0.1, 0.15) is 280 Å². The molecule has 0 aliphatic heterocycles. The lowest BCUT2D eigenvalue weighted by Gasteiger charge is -2.36. The Labute approximate surface area is 897 Å². The highest BCUT2D eigenvalue weighted by Gasteiger charge is 2.46. The van der Waals surface area contributed by atoms with E-state index in [1.165, 1.54) is 330 Å². The second-order valence-electron chi connectivity index (χ2n) is 43.7. The predicted octanol–water partition coefficient (Wildman–Crippen LogP) is 40.3. The van der Waals surface area contributed by atoms with Crippen molar-refractivity contribution in [3.8, 4) is 22.3 Å². The van der Waals surface area contributed by atoms with Crippen LogP contribution in [0, 0.1) is 83.1 Å². The second kappa shape index (κ2) is 45.4. The molecule has 6 aliphatic rings. The molecule has 0 aromatic heterocycles. The van der Waals surface area contributed by atoms with Crippen LogP contribution in [-0.4, -0.2) is 0 Å². The van der Waals surface area contributed by atoms with Crippen molar-refractivity contribution in [2.45, 2.75) is 295 Å². The Hall–Kier alpha value is -12.3. The highest BCUT2D eigenvalue weighted by molar-refractivity contribution is 9.10. The van der Waals surface area contributed by atoms with Crippen molar-refractivity contribution in [3.63, 3.8) is 0 Å². The molecule has 4 nitrogen and oxygen atoms in total. The fourth-order valence-electron chi connectivity index (χ4n) is 26.2. The van der Waals surface area contributed by atoms with E-state index in [2.05, 4.69) is 438 Å². The van der Waals surface area contributed by atoms with Crippen LogP contribution in [0.2, 0.25) is 0 Å². The molecule has 0 heterocycles. The van der Waals surface area contributed by atoms with E-state index in [0.717, 1.165) is 60.3 Å². The van der Waals surface area contributed by atoms with E-state index in [4.69, 9.17) is 0 Å². The monoisotopic (exact) mass is 2060 g/mol. The molecule has 0 fully saturated rings. The minimum absolute atomic E-state index is 0. The lowest BCUT2D eigenvalue weighted by Crippen LogP contribution is -2.26. The standard InChI is InChI=1S/C69H70Br2N2.C69H72N2.C2H6.CH4/c1-45-37-47(3)67(48(4)38-45)72(59-27-23-57(70)24-28-59)61-31-33-63-64-34-32-62(73(60-29-25-58(71)26-30-60)68-49(5)39-46(2)40-50(68)6)44-66(64)69(65(63)43-61,35-11-7-9-13-51-15-17-53-19-21-55(53)41-51)36-12-8-10-14-52-16-18-54-20-22-56(54)42-52;1-47-39-49(3)67(50(4)40-47)70(59-21-13-7-14-22-59)61-33-35-63-64-36-34-62(71(60-23-15-8-16-24-60)68-51(5)41-48(2)42-52(68)6)46-66(64)69(65(63)45-61,37-17-9-11-19-53-25-27-55-29-31-57(55)43-53)38-18-10-12-20-54-26-28-56-30-32-58(56)44-54;1-2;/h15-18,23-34,37-44H,7-14,19-22,35-36H2,1-6H3;7-8,13-16,21-28,33-36,39-46H,9-12,17-20,29-32,37-38H2,1-6H3;1-2H3;1H4. The topological polar surface area (TPSA) is 13.0 Å². The van der Waals surface area contributed by atoms with Crippen molar-refractivity contribution >= 4 is 100 Å². The average Bonchev–Trinajstić information content (AvgIpc) is 1.56. The molecule has 6 heteroatoms. The van der Waals surface area contributed by atoms with Gasteiger partial charge < -0.3 is 19.6 Å². The molecular formula is C141H152Br2N4. The number of hydrogen-bond donors (Lipinski definition) is 0. The van der Waals surface area contributed by atoms with Crippen molar-refractivity contribution in [2.75, 3.05) is 19.6 Å². The van der Waals surface area contributed by atoms with Crippen LogP contribution in [-0.2, 0) is 87.9 Å². The van der Waals surface area contributed by atoms with E-state index in [-0.39, 0.29) is 18.3 Å². The van der Waals surface area contributed by atoms with Gasteiger partial charge in [-0.3, -0.25) is 0 Å². The summed E-state index contributed by atoms with van der Waals surface area (Å²) < 4.78 is 2.17. The molecule has 16 aromatic carbocycles. The Balaban J connectivity index is 0.000000181. The molecule has 0 amide bonds. The van der Waals surface area contributed by atoms with Gasteiger partial charge in [0.2, 0.25) is 0 Å². The van der Waals surface area contributed by atoms with Gasteiger partial charge in [0.25, 0.3) is 0 Å². The van der Waals surface area contributed by atoms with Crippen molar-refractivity contribution in [1.29, 1.82) is 0 Å². The molecule has 0 unspecified atom stereocenters. The Bertz CT molecular complexity index is 6930. The largest absolute Gasteiger partial charge is 0.310 e. The molecule has 6 aliphatic carbocycles. The zero-order chi connectivity index (χ0) is 101. The Kier molecular flexibility index (Phi) is 31.9. The number of para-hydroxylation sites is 2. The fraction of sp³-hybridized carbons (Fsp3) is 0.319. The second-order valence-corrected chi connectivity index (χ2v) is 45.5. The summed E-state index contributed by atoms with van der Waals surface area (Å²) in [7, 11) is 0. The van der Waals surface area contributed by atoms with Gasteiger partial charge in [-0.25, -0.2) is 0 Å². The Morgan fingerprint density at radius 2 is 0.408 bits per heavy atom. The van der Waals surface area contributed by atoms with Crippen molar-refractivity contribution in [3.05, 3.63) is 468 Å². The lowest BCUT2D eigenvalue weighted by atomic mass is 9.70. The zero-order valence-electron chi connectivity index (χ0n) is 89.2. The highest BCUT2D eigenvalue weighted by Crippen LogP contribution is 2.61. The summed E-state index contributed by atoms with van der Waals surface area (Å²) in [4.78, 5) is 10.2. The van der Waals surface area contributed by atoms with Gasteiger partial charge in [-0.15, -0.1) is 0 Å². The number of aryl methyl sites for hydroxylation is 24. The van der Waals surface area contributed by atoms with Crippen molar-refractivity contribution < 1.29 is 0 Å². The fourth-order valence-corrected chi connectivity index (χ4v) is 26.8. The first-order chi connectivity index (χ1) is 71.0. The maximum atomic E-state index is 3.77. The molecule has 0 saturated heterocycles. The number of hydrogen-bond acceptors (Lipinski definition) is 4. The first kappa shape index (κ1) is 103. The number of rotatable bonds is 36. The van der Waals surface area contributed by atoms with E-state index in [0.29, 0.717) is 0 Å². The van der Waals surface area contributed by atoms with Crippen LogP contribution in [0.25, 0.3) is 22.3 Å². The highest BCUT2D eigenvalue weighted by atomic mass is 79.9. The number of fused-ring (bicyclic) bond motifs is 10. The summed E-state index contributed by atoms with van der Waals surface area (Å²) in [6.45, 7) is 31.2. The average molecular weight is 2060 g/mol. The summed E-state index contributed by atoms with van der Waals surface area (Å²) in [5.74, 6) is 0. The van der Waals surface area contributed by atoms with Gasteiger partial charge in [0, 0.05) is 65.3 Å². The first-order valence-corrected chi connectivity index (χ1v) is 56.8. The SMILES string of the molecule is C.CC.Cc1cc(C)c(N(c2ccc(Br)cc2)c2ccc3c(c2)C(CCCCCc2ccc4c(c2)CC4)(CCCCCc2ccc4c(c2)CC4)c2cc(N(c4ccc(Br)cc4)c4c(C)cc(C)cc4C)ccc2-3)c(C)c1.Cc1cc(C)c(N(c2ccccc2)c2ccc3c(c2)C(CCCCCc2ccc4c(c2)CC4)(CCCCCc2ccc4c(c2)CC4)c2cc(N(c4ccccc4)c4c(C)cc(C)cc4C)ccc2-3)c(C)c1. The van der Waals surface area contributed by atoms with Gasteiger partial charge in [-0.1, -0.05) is 309 Å². The number of halogens is 2. The molecule has 0 spiro atoms. The third-order valence-corrected chi connectivity index (χ3v) is 34.4. The lowest BCUT2D eigenvalue weighted by molar-refractivity contribution is 0.402. The molecule has 0 radical (unpaired) electrons. The summed E-state index contributed by atoms with van der Waals surface area (Å²) in [6.07, 6.45) is 33.5.